The highest BCUT2D eigenvalue weighted by molar-refractivity contribution is 7.80. The molecule has 1 atom stereocenters. The van der Waals surface area contributed by atoms with Gasteiger partial charge in [-0.1, -0.05) is 0 Å². The molecule has 10 heavy (non-hydrogen) atoms. The van der Waals surface area contributed by atoms with Crippen molar-refractivity contribution in [3.63, 3.8) is 0 Å². The topological polar surface area (TPSA) is 66.4 Å². The molecule has 0 bridgehead atoms. The van der Waals surface area contributed by atoms with Crippen molar-refractivity contribution < 1.29 is 18.8 Å². The summed E-state index contributed by atoms with van der Waals surface area (Å²) >= 11 is 3.65. The van der Waals surface area contributed by atoms with Crippen LogP contribution >= 0.6 is 12.6 Å². The minimum absolute atomic E-state index is 0.156. The highest BCUT2D eigenvalue weighted by Crippen LogP contribution is 1.86. The van der Waals surface area contributed by atoms with Gasteiger partial charge in [0, 0.05) is 16.7 Å². The van der Waals surface area contributed by atoms with E-state index in [1.165, 1.54) is 0 Å². The van der Waals surface area contributed by atoms with Gasteiger partial charge < -0.3 is 10.4 Å². The summed E-state index contributed by atoms with van der Waals surface area (Å²) in [6.07, 6.45) is 0. The predicted octanol–water partition coefficient (Wildman–Crippen LogP) is -0.495. The van der Waals surface area contributed by atoms with Crippen molar-refractivity contribution in [2.45, 2.75) is 12.9 Å². The molecule has 0 aliphatic carbocycles. The van der Waals surface area contributed by atoms with E-state index in [0.29, 0.717) is 0 Å². The molecule has 0 saturated carbocycles. The van der Waals surface area contributed by atoms with Crippen LogP contribution in [0.3, 0.4) is 0 Å². The Labute approximate surface area is 68.2 Å². The second-order valence-corrected chi connectivity index (χ2v) is 1.91. The number of thiol groups is 1. The van der Waals surface area contributed by atoms with Crippen LogP contribution in [-0.4, -0.2) is 28.8 Å². The van der Waals surface area contributed by atoms with Crippen LogP contribution in [0.25, 0.3) is 0 Å². The van der Waals surface area contributed by atoms with E-state index >= 15 is 0 Å². The molecule has 0 heterocycles. The van der Waals surface area contributed by atoms with Crippen LogP contribution in [0.5, 0.6) is 0 Å². The van der Waals surface area contributed by atoms with E-state index in [1.807, 2.05) is 5.32 Å². The van der Waals surface area contributed by atoms with Crippen molar-refractivity contribution in [3.05, 3.63) is 0 Å². The second kappa shape index (κ2) is 4.16. The zero-order valence-electron chi connectivity index (χ0n) is 8.00. The summed E-state index contributed by atoms with van der Waals surface area (Å²) in [5, 5.41) is 10.3. The summed E-state index contributed by atoms with van der Waals surface area (Å²) in [5.74, 6) is -2.75. The van der Waals surface area contributed by atoms with E-state index in [-0.39, 0.29) is 5.75 Å². The van der Waals surface area contributed by atoms with Gasteiger partial charge in [0.25, 0.3) is 0 Å². The highest BCUT2D eigenvalue weighted by Gasteiger charge is 2.14. The van der Waals surface area contributed by atoms with Crippen molar-refractivity contribution in [2.75, 3.05) is 5.75 Å². The van der Waals surface area contributed by atoms with Crippen molar-refractivity contribution in [1.29, 1.82) is 0 Å². The largest absolute Gasteiger partial charge is 0.480 e. The van der Waals surface area contributed by atoms with Gasteiger partial charge in [-0.15, -0.1) is 0 Å². The van der Waals surface area contributed by atoms with Gasteiger partial charge in [0.15, 0.2) is 0 Å². The zero-order chi connectivity index (χ0) is 10.6. The molecular weight excluding hydrogens is 154 g/mol. The van der Waals surface area contributed by atoms with Gasteiger partial charge in [0.1, 0.15) is 6.04 Å². The SMILES string of the molecule is [2H]C([2H])([2H])C(=O)NC(CS)C(=O)O. The number of rotatable bonds is 3. The van der Waals surface area contributed by atoms with Crippen LogP contribution in [0.2, 0.25) is 0 Å². The van der Waals surface area contributed by atoms with Crippen LogP contribution in [0.1, 0.15) is 11.0 Å². The number of carbonyl (C=O) groups is 2. The lowest BCUT2D eigenvalue weighted by atomic mass is 10.3. The molecule has 0 aromatic heterocycles. The lowest BCUT2D eigenvalue weighted by molar-refractivity contribution is -0.140. The lowest BCUT2D eigenvalue weighted by Gasteiger charge is -2.08. The van der Waals surface area contributed by atoms with Crippen molar-refractivity contribution in [2.24, 2.45) is 0 Å². The van der Waals surface area contributed by atoms with Gasteiger partial charge in [-0.3, -0.25) is 4.79 Å². The van der Waals surface area contributed by atoms with E-state index in [0.717, 1.165) is 0 Å². The second-order valence-electron chi connectivity index (χ2n) is 1.55. The number of hydrogen-bond donors (Lipinski definition) is 3. The van der Waals surface area contributed by atoms with Gasteiger partial charge in [0.05, 0.1) is 0 Å². The normalized spacial score (nSPS) is 17.9. The molecule has 1 unspecified atom stereocenters. The van der Waals surface area contributed by atoms with Crippen LogP contribution in [0, 0.1) is 0 Å². The Balaban J connectivity index is 4.26. The molecule has 58 valence electrons. The minimum atomic E-state index is -2.82. The number of carbonyl (C=O) groups excluding carboxylic acids is 1. The van der Waals surface area contributed by atoms with Crippen LogP contribution in [0.4, 0.5) is 0 Å². The Hall–Kier alpha value is -0.710. The molecule has 0 aromatic carbocycles. The van der Waals surface area contributed by atoms with Gasteiger partial charge in [-0.25, -0.2) is 4.79 Å². The number of hydrogen-bond acceptors (Lipinski definition) is 3. The maximum atomic E-state index is 10.8. The fourth-order valence-electron chi connectivity index (χ4n) is 0.344. The Bertz CT molecular complexity index is 218. The fourth-order valence-corrected chi connectivity index (χ4v) is 0.591. The number of carboxylic acids is 1. The third-order valence-electron chi connectivity index (χ3n) is 0.786. The molecule has 1 amide bonds. The van der Waals surface area contributed by atoms with Gasteiger partial charge in [-0.05, 0) is 0 Å². The fraction of sp³-hybridized carbons (Fsp3) is 0.600. The number of carboxylic acid groups (broad SMARTS) is 1. The average molecular weight is 166 g/mol. The summed E-state index contributed by atoms with van der Waals surface area (Å²) < 4.78 is 20.0. The van der Waals surface area contributed by atoms with E-state index in [1.54, 1.807) is 0 Å². The number of amides is 1. The molecule has 0 aromatic rings. The minimum Gasteiger partial charge on any atom is -0.480 e. The first kappa shape index (κ1) is 5.01. The van der Waals surface area contributed by atoms with Gasteiger partial charge in [0.2, 0.25) is 5.91 Å². The molecule has 0 saturated heterocycles. The van der Waals surface area contributed by atoms with E-state index < -0.39 is 24.8 Å². The van der Waals surface area contributed by atoms with Crippen molar-refractivity contribution in [1.82, 2.24) is 5.32 Å². The lowest BCUT2D eigenvalue weighted by Crippen LogP contribution is -2.40. The molecule has 0 fully saturated rings. The summed E-state index contributed by atoms with van der Waals surface area (Å²) in [7, 11) is 0. The number of nitrogens with one attached hydrogen (secondary N) is 1. The Morgan fingerprint density at radius 3 is 2.80 bits per heavy atom. The first-order valence-corrected chi connectivity index (χ1v) is 3.07. The molecule has 0 aliphatic heterocycles. The van der Waals surface area contributed by atoms with Crippen molar-refractivity contribution >= 4 is 24.5 Å². The first-order valence-electron chi connectivity index (χ1n) is 3.93. The molecule has 4 nitrogen and oxygen atoms in total. The third kappa shape index (κ3) is 3.34. The van der Waals surface area contributed by atoms with Gasteiger partial charge >= 0.3 is 5.97 Å². The average Bonchev–Trinajstić information content (AvgIpc) is 1.96. The van der Waals surface area contributed by atoms with Crippen LogP contribution in [-0.2, 0) is 9.59 Å². The van der Waals surface area contributed by atoms with Crippen molar-refractivity contribution in [3.8, 4) is 0 Å². The third-order valence-corrected chi connectivity index (χ3v) is 1.15. The quantitative estimate of drug-likeness (QED) is 0.495. The first-order chi connectivity index (χ1) is 5.79. The molecule has 5 heteroatoms. The zero-order valence-corrected chi connectivity index (χ0v) is 5.89. The maximum absolute atomic E-state index is 10.8. The molecule has 0 spiro atoms. The molecule has 0 aliphatic rings. The maximum Gasteiger partial charge on any atom is 0.327 e. The highest BCUT2D eigenvalue weighted by atomic mass is 32.1. The summed E-state index contributed by atoms with van der Waals surface area (Å²) in [5.41, 5.74) is 0. The standard InChI is InChI=1S/C5H9NO3S/c1-3(7)6-4(2-10)5(8)9/h4,10H,2H2,1H3,(H,6,7)(H,8,9)/i1D3. The van der Waals surface area contributed by atoms with Crippen LogP contribution < -0.4 is 5.32 Å². The monoisotopic (exact) mass is 166 g/mol. The summed E-state index contributed by atoms with van der Waals surface area (Å²) in [6, 6.07) is -1.27. The molecule has 2 N–H and O–H groups in total. The van der Waals surface area contributed by atoms with Gasteiger partial charge in [-0.2, -0.15) is 12.6 Å². The molecule has 0 radical (unpaired) electrons. The smallest absolute Gasteiger partial charge is 0.327 e. The predicted molar refractivity (Wildman–Crippen MR) is 39.1 cm³/mol. The van der Waals surface area contributed by atoms with E-state index in [9.17, 15) is 9.59 Å². The van der Waals surface area contributed by atoms with E-state index in [4.69, 9.17) is 9.22 Å². The summed E-state index contributed by atoms with van der Waals surface area (Å²) in [4.78, 5) is 21.1. The Morgan fingerprint density at radius 2 is 2.50 bits per heavy atom. The Kier molecular flexibility index (Phi) is 2.08. The number of aliphatic carboxylic acids is 1. The van der Waals surface area contributed by atoms with Crippen LogP contribution in [0.15, 0.2) is 0 Å². The Morgan fingerprint density at radius 1 is 1.90 bits per heavy atom. The molecular formula is C5H9NO3S. The summed E-state index contributed by atoms with van der Waals surface area (Å²) in [6.45, 7) is -2.82. The molecule has 0 rings (SSSR count). The van der Waals surface area contributed by atoms with E-state index in [2.05, 4.69) is 12.6 Å².